The van der Waals surface area contributed by atoms with Gasteiger partial charge in [0.1, 0.15) is 22.3 Å². The molecule has 8 aromatic carbocycles. The fraction of sp³-hybridized carbons (Fsp3) is 0.111. The molecule has 0 saturated heterocycles. The summed E-state index contributed by atoms with van der Waals surface area (Å²) >= 11 is 0. The van der Waals surface area contributed by atoms with Gasteiger partial charge in [-0.2, -0.15) is 0 Å². The summed E-state index contributed by atoms with van der Waals surface area (Å²) in [6.07, 6.45) is 15.8. The molecule has 2 aliphatic rings. The first-order valence-corrected chi connectivity index (χ1v) is 20.5. The summed E-state index contributed by atoms with van der Waals surface area (Å²) < 4.78 is 13.8. The van der Waals surface area contributed by atoms with Crippen LogP contribution < -0.4 is 9.80 Å². The third-order valence-electron chi connectivity index (χ3n) is 12.5. The molecule has 10 aromatic rings. The molecule has 0 atom stereocenters. The molecule has 2 aliphatic carbocycles. The van der Waals surface area contributed by atoms with Crippen LogP contribution in [-0.2, 0) is 0 Å². The molecule has 0 spiro atoms. The summed E-state index contributed by atoms with van der Waals surface area (Å²) in [7, 11) is 0. The predicted octanol–water partition coefficient (Wildman–Crippen LogP) is 15.8. The van der Waals surface area contributed by atoms with Gasteiger partial charge in [-0.15, -0.1) is 0 Å². The number of aryl methyl sites for hydroxylation is 1. The highest BCUT2D eigenvalue weighted by Crippen LogP contribution is 2.47. The standard InChI is InChI=1S/C54H40N2O2/c1-33-13-9-11-19-47(33)55(37-15-5-3-6-16-37)39-23-27-41-45-29-35-22-26-44-52-36(21-25-43(51(35)52)53(45)57-49(41)31-39)30-46-42-28-24-40(32-50(42)58-54(44)46)56(38-17-7-4-8-18-38)48-20-12-10-14-34(48)2/h3,5-7,10,12-32H,4,8-9,11H2,1-2H3. The lowest BCUT2D eigenvalue weighted by Crippen LogP contribution is -2.18. The molecule has 12 rings (SSSR count). The molecule has 0 radical (unpaired) electrons. The Morgan fingerprint density at radius 3 is 1.67 bits per heavy atom. The van der Waals surface area contributed by atoms with E-state index >= 15 is 0 Å². The van der Waals surface area contributed by atoms with Crippen LogP contribution in [0, 0.1) is 6.92 Å². The van der Waals surface area contributed by atoms with Crippen molar-refractivity contribution in [3.63, 3.8) is 0 Å². The third-order valence-corrected chi connectivity index (χ3v) is 12.5. The van der Waals surface area contributed by atoms with Crippen LogP contribution >= 0.6 is 0 Å². The van der Waals surface area contributed by atoms with Gasteiger partial charge >= 0.3 is 0 Å². The largest absolute Gasteiger partial charge is 0.455 e. The average molecular weight is 749 g/mol. The Balaban J connectivity index is 1.03. The van der Waals surface area contributed by atoms with E-state index in [1.54, 1.807) is 0 Å². The minimum atomic E-state index is 0.885. The maximum Gasteiger partial charge on any atom is 0.143 e. The molecule has 4 heteroatoms. The molecule has 4 nitrogen and oxygen atoms in total. The van der Waals surface area contributed by atoms with Gasteiger partial charge in [-0.05, 0) is 134 Å². The van der Waals surface area contributed by atoms with Crippen LogP contribution in [-0.4, -0.2) is 0 Å². The molecule has 0 bridgehead atoms. The van der Waals surface area contributed by atoms with Gasteiger partial charge in [-0.25, -0.2) is 0 Å². The summed E-state index contributed by atoms with van der Waals surface area (Å²) in [5, 5.41) is 11.6. The normalized spacial score (nSPS) is 14.7. The van der Waals surface area contributed by atoms with Crippen molar-refractivity contribution in [1.29, 1.82) is 0 Å². The molecular weight excluding hydrogens is 709 g/mol. The van der Waals surface area contributed by atoms with Crippen LogP contribution in [0.2, 0.25) is 0 Å². The first-order valence-electron chi connectivity index (χ1n) is 20.5. The van der Waals surface area contributed by atoms with Crippen LogP contribution in [0.1, 0.15) is 38.2 Å². The number of allylic oxidation sites excluding steroid dienone is 6. The predicted molar refractivity (Wildman–Crippen MR) is 244 cm³/mol. The number of furan rings is 2. The fourth-order valence-electron chi connectivity index (χ4n) is 9.72. The molecule has 0 fully saturated rings. The number of para-hydroxylation sites is 2. The van der Waals surface area contributed by atoms with Gasteiger partial charge in [0.05, 0.1) is 0 Å². The van der Waals surface area contributed by atoms with Crippen molar-refractivity contribution in [1.82, 2.24) is 0 Å². The van der Waals surface area contributed by atoms with Gasteiger partial charge in [0.2, 0.25) is 0 Å². The molecule has 2 aromatic heterocycles. The van der Waals surface area contributed by atoms with Crippen molar-refractivity contribution in [2.75, 3.05) is 9.80 Å². The first kappa shape index (κ1) is 33.1. The number of fused-ring (bicyclic) bond motifs is 8. The van der Waals surface area contributed by atoms with E-state index in [2.05, 4.69) is 181 Å². The Morgan fingerprint density at radius 2 is 1.05 bits per heavy atom. The van der Waals surface area contributed by atoms with E-state index in [1.165, 1.54) is 49.8 Å². The monoisotopic (exact) mass is 748 g/mol. The van der Waals surface area contributed by atoms with Crippen molar-refractivity contribution in [2.24, 2.45) is 0 Å². The van der Waals surface area contributed by atoms with Crippen molar-refractivity contribution in [2.45, 2.75) is 39.5 Å². The maximum atomic E-state index is 6.92. The number of nitrogens with zero attached hydrogens (tertiary/aromatic N) is 2. The Morgan fingerprint density at radius 1 is 0.466 bits per heavy atom. The molecule has 278 valence electrons. The zero-order valence-electron chi connectivity index (χ0n) is 32.6. The van der Waals surface area contributed by atoms with Crippen LogP contribution in [0.3, 0.4) is 0 Å². The van der Waals surface area contributed by atoms with E-state index in [9.17, 15) is 0 Å². The Labute approximate surface area is 336 Å². The molecular formula is C54H40N2O2. The lowest BCUT2D eigenvalue weighted by atomic mass is 9.91. The van der Waals surface area contributed by atoms with Crippen LogP contribution in [0.5, 0.6) is 0 Å². The number of anilines is 4. The van der Waals surface area contributed by atoms with E-state index in [4.69, 9.17) is 8.83 Å². The number of hydrogen-bond donors (Lipinski definition) is 0. The van der Waals surface area contributed by atoms with Crippen molar-refractivity contribution in [3.05, 3.63) is 180 Å². The second kappa shape index (κ2) is 12.7. The van der Waals surface area contributed by atoms with E-state index < -0.39 is 0 Å². The summed E-state index contributed by atoms with van der Waals surface area (Å²) in [6, 6.07) is 46.3. The Bertz CT molecular complexity index is 3430. The fourth-order valence-corrected chi connectivity index (χ4v) is 9.72. The molecule has 0 saturated carbocycles. The van der Waals surface area contributed by atoms with Crippen molar-refractivity contribution >= 4 is 98.9 Å². The first-order chi connectivity index (χ1) is 28.6. The summed E-state index contributed by atoms with van der Waals surface area (Å²) in [5.74, 6) is 0. The minimum absolute atomic E-state index is 0.885. The van der Waals surface area contributed by atoms with Gasteiger partial charge in [0.25, 0.3) is 0 Å². The molecule has 0 N–H and O–H groups in total. The average Bonchev–Trinajstić information content (AvgIpc) is 3.82. The second-order valence-corrected chi connectivity index (χ2v) is 15.9. The SMILES string of the molecule is CC1=CCCC=C1N(c1ccccc1)c1ccc2c(c1)oc1c2cc2ccc3c4oc5cc(N(C6=CCCC=C6)c6ccccc6C)ccc5c4cc4ccc1c2c43. The quantitative estimate of drug-likeness (QED) is 0.159. The maximum absolute atomic E-state index is 6.92. The zero-order chi connectivity index (χ0) is 38.5. The molecule has 0 amide bonds. The second-order valence-electron chi connectivity index (χ2n) is 15.9. The zero-order valence-corrected chi connectivity index (χ0v) is 32.6. The molecule has 2 heterocycles. The van der Waals surface area contributed by atoms with Gasteiger partial charge in [-0.1, -0.05) is 72.8 Å². The Kier molecular flexibility index (Phi) is 7.28. The summed E-state index contributed by atoms with van der Waals surface area (Å²) in [4.78, 5) is 4.73. The molecule has 0 aliphatic heterocycles. The molecule has 0 unspecified atom stereocenters. The van der Waals surface area contributed by atoms with E-state index in [0.29, 0.717) is 0 Å². The minimum Gasteiger partial charge on any atom is -0.455 e. The topological polar surface area (TPSA) is 32.8 Å². The lowest BCUT2D eigenvalue weighted by molar-refractivity contribution is 0.672. The van der Waals surface area contributed by atoms with Crippen LogP contribution in [0.15, 0.2) is 184 Å². The van der Waals surface area contributed by atoms with Gasteiger partial charge in [-0.3, -0.25) is 0 Å². The molecule has 58 heavy (non-hydrogen) atoms. The lowest BCUT2D eigenvalue weighted by Gasteiger charge is -2.30. The highest BCUT2D eigenvalue weighted by Gasteiger charge is 2.23. The van der Waals surface area contributed by atoms with E-state index in [0.717, 1.165) is 97.4 Å². The smallest absolute Gasteiger partial charge is 0.143 e. The number of benzene rings is 8. The third kappa shape index (κ3) is 4.94. The highest BCUT2D eigenvalue weighted by atomic mass is 16.3. The summed E-state index contributed by atoms with van der Waals surface area (Å²) in [6.45, 7) is 4.40. The van der Waals surface area contributed by atoms with Gasteiger partial charge < -0.3 is 18.6 Å². The van der Waals surface area contributed by atoms with Gasteiger partial charge in [0, 0.05) is 89.4 Å². The number of rotatable bonds is 6. The van der Waals surface area contributed by atoms with E-state index in [1.807, 2.05) is 0 Å². The Hall–Kier alpha value is -7.04. The van der Waals surface area contributed by atoms with Crippen LogP contribution in [0.4, 0.5) is 22.7 Å². The van der Waals surface area contributed by atoms with Crippen molar-refractivity contribution < 1.29 is 8.83 Å². The van der Waals surface area contributed by atoms with Crippen molar-refractivity contribution in [3.8, 4) is 0 Å². The summed E-state index contributed by atoms with van der Waals surface area (Å²) in [5.41, 5.74) is 13.0. The van der Waals surface area contributed by atoms with E-state index in [-0.39, 0.29) is 0 Å². The van der Waals surface area contributed by atoms with Gasteiger partial charge in [0.15, 0.2) is 0 Å². The highest BCUT2D eigenvalue weighted by molar-refractivity contribution is 6.34. The number of hydrogen-bond acceptors (Lipinski definition) is 4. The van der Waals surface area contributed by atoms with Crippen LogP contribution in [0.25, 0.3) is 76.2 Å².